The summed E-state index contributed by atoms with van der Waals surface area (Å²) in [6, 6.07) is 14.9. The zero-order valence-electron chi connectivity index (χ0n) is 20.0. The van der Waals surface area contributed by atoms with Crippen LogP contribution in [0, 0.1) is 0 Å². The van der Waals surface area contributed by atoms with Crippen LogP contribution in [0.5, 0.6) is 5.75 Å². The van der Waals surface area contributed by atoms with Crippen molar-refractivity contribution in [1.82, 2.24) is 24.3 Å². The van der Waals surface area contributed by atoms with E-state index in [1.165, 1.54) is 26.5 Å². The van der Waals surface area contributed by atoms with Crippen LogP contribution < -0.4 is 4.74 Å². The van der Waals surface area contributed by atoms with Gasteiger partial charge < -0.3 is 9.84 Å². The predicted molar refractivity (Wildman–Crippen MR) is 137 cm³/mol. The molecule has 4 aromatic rings. The quantitative estimate of drug-likeness (QED) is 0.306. The fourth-order valence-corrected chi connectivity index (χ4v) is 7.04. The van der Waals surface area contributed by atoms with Crippen LogP contribution in [0.4, 0.5) is 0 Å². The maximum absolute atomic E-state index is 13.6. The molecule has 1 aliphatic rings. The number of sulfonamides is 1. The van der Waals surface area contributed by atoms with Crippen molar-refractivity contribution in [3.8, 4) is 16.3 Å². The number of carboxylic acid groups (broad SMARTS) is 1. The summed E-state index contributed by atoms with van der Waals surface area (Å²) in [6.45, 7) is 0.0126. The highest BCUT2D eigenvalue weighted by atomic mass is 32.2. The third-order valence-corrected chi connectivity index (χ3v) is 9.56. The van der Waals surface area contributed by atoms with Crippen LogP contribution in [0.25, 0.3) is 10.6 Å². The molecule has 1 saturated carbocycles. The Morgan fingerprint density at radius 3 is 2.62 bits per heavy atom. The molecule has 37 heavy (non-hydrogen) atoms. The van der Waals surface area contributed by atoms with Crippen molar-refractivity contribution in [2.24, 2.45) is 0 Å². The molecular weight excluding hydrogens is 514 g/mol. The van der Waals surface area contributed by atoms with Crippen LogP contribution >= 0.6 is 11.3 Å². The van der Waals surface area contributed by atoms with Crippen LogP contribution in [0.3, 0.4) is 0 Å². The molecule has 0 amide bonds. The van der Waals surface area contributed by atoms with Crippen molar-refractivity contribution >= 4 is 27.3 Å². The molecule has 1 N–H and O–H groups in total. The van der Waals surface area contributed by atoms with E-state index in [1.807, 2.05) is 18.2 Å². The molecule has 0 spiro atoms. The van der Waals surface area contributed by atoms with Gasteiger partial charge in [-0.3, -0.25) is 4.98 Å². The average molecular weight is 540 g/mol. The van der Waals surface area contributed by atoms with E-state index in [2.05, 4.69) is 15.3 Å². The summed E-state index contributed by atoms with van der Waals surface area (Å²) in [5.41, 5.74) is 1.90. The Morgan fingerprint density at radius 1 is 1.19 bits per heavy atom. The molecule has 1 atom stereocenters. The molecule has 1 unspecified atom stereocenters. The number of nitrogens with zero attached hydrogens (tertiary/aromatic N) is 5. The number of hydrogen-bond acceptors (Lipinski definition) is 8. The Balaban J connectivity index is 1.35. The summed E-state index contributed by atoms with van der Waals surface area (Å²) < 4.78 is 35.2. The van der Waals surface area contributed by atoms with E-state index in [0.717, 1.165) is 23.3 Å². The van der Waals surface area contributed by atoms with Crippen molar-refractivity contribution in [1.29, 1.82) is 0 Å². The molecule has 5 rings (SSSR count). The summed E-state index contributed by atoms with van der Waals surface area (Å²) in [5, 5.41) is 18.0. The zero-order valence-corrected chi connectivity index (χ0v) is 21.6. The third-order valence-electron chi connectivity index (χ3n) is 6.08. The number of aliphatic carboxylic acids is 1. The highest BCUT2D eigenvalue weighted by Gasteiger charge is 2.39. The van der Waals surface area contributed by atoms with E-state index in [1.54, 1.807) is 49.7 Å². The molecule has 3 heterocycles. The van der Waals surface area contributed by atoms with E-state index in [0.29, 0.717) is 17.1 Å². The van der Waals surface area contributed by atoms with Gasteiger partial charge in [-0.1, -0.05) is 23.4 Å². The van der Waals surface area contributed by atoms with E-state index >= 15 is 0 Å². The van der Waals surface area contributed by atoms with E-state index in [4.69, 9.17) is 4.74 Å². The van der Waals surface area contributed by atoms with E-state index < -0.39 is 22.0 Å². The number of hydrogen-bond donors (Lipinski definition) is 1. The summed E-state index contributed by atoms with van der Waals surface area (Å²) >= 11 is 1.17. The lowest BCUT2D eigenvalue weighted by molar-refractivity contribution is -0.141. The molecule has 12 heteroatoms. The highest BCUT2D eigenvalue weighted by Crippen LogP contribution is 2.37. The summed E-state index contributed by atoms with van der Waals surface area (Å²) in [6.07, 6.45) is 4.91. The first-order chi connectivity index (χ1) is 17.8. The number of rotatable bonds is 11. The second kappa shape index (κ2) is 10.4. The van der Waals surface area contributed by atoms with Gasteiger partial charge in [-0.15, -0.1) is 16.4 Å². The monoisotopic (exact) mass is 539 g/mol. The summed E-state index contributed by atoms with van der Waals surface area (Å²) in [4.78, 5) is 17.1. The lowest BCUT2D eigenvalue weighted by Gasteiger charge is -2.19. The standard InChI is InChI=1S/C25H25N5O5S2/c1-35-20-9-5-17(6-10-20)14-22(25(31)32)29-15-18(27-28-29)16-30(19-7-8-19)37(33,34)24-12-11-23(36-24)21-4-2-3-13-26-21/h2-6,9-13,15,19,22H,7-8,14,16H2,1H3,(H,31,32). The lowest BCUT2D eigenvalue weighted by Crippen LogP contribution is -2.32. The van der Waals surface area contributed by atoms with Gasteiger partial charge in [0.2, 0.25) is 0 Å². The number of benzene rings is 1. The van der Waals surface area contributed by atoms with Gasteiger partial charge in [0.1, 0.15) is 9.96 Å². The largest absolute Gasteiger partial charge is 0.497 e. The first kappa shape index (κ1) is 25.1. The van der Waals surface area contributed by atoms with Crippen LogP contribution in [0.15, 0.2) is 71.2 Å². The maximum Gasteiger partial charge on any atom is 0.328 e. The maximum atomic E-state index is 13.6. The molecule has 0 saturated heterocycles. The summed E-state index contributed by atoms with van der Waals surface area (Å²) in [5.74, 6) is -0.377. The minimum atomic E-state index is -3.79. The molecule has 10 nitrogen and oxygen atoms in total. The van der Waals surface area contributed by atoms with Gasteiger partial charge in [-0.2, -0.15) is 4.31 Å². The number of pyridine rings is 1. The van der Waals surface area contributed by atoms with Gasteiger partial charge in [0.25, 0.3) is 10.0 Å². The normalized spacial score (nSPS) is 14.5. The molecule has 192 valence electrons. The minimum absolute atomic E-state index is 0.0126. The Morgan fingerprint density at radius 2 is 1.97 bits per heavy atom. The number of carboxylic acids is 1. The molecule has 1 aliphatic carbocycles. The number of ether oxygens (including phenoxy) is 1. The number of thiophene rings is 1. The molecular formula is C25H25N5O5S2. The van der Waals surface area contributed by atoms with E-state index in [9.17, 15) is 18.3 Å². The predicted octanol–water partition coefficient (Wildman–Crippen LogP) is 3.63. The second-order valence-corrected chi connectivity index (χ2v) is 11.9. The van der Waals surface area contributed by atoms with Gasteiger partial charge in [0.05, 0.1) is 36.1 Å². The smallest absolute Gasteiger partial charge is 0.328 e. The van der Waals surface area contributed by atoms with Crippen molar-refractivity contribution in [3.63, 3.8) is 0 Å². The van der Waals surface area contributed by atoms with Gasteiger partial charge in [-0.05, 0) is 54.8 Å². The first-order valence-corrected chi connectivity index (χ1v) is 13.9. The molecule has 3 aromatic heterocycles. The van der Waals surface area contributed by atoms with Gasteiger partial charge >= 0.3 is 5.97 Å². The molecule has 0 aliphatic heterocycles. The lowest BCUT2D eigenvalue weighted by atomic mass is 10.1. The van der Waals surface area contributed by atoms with Crippen molar-refractivity contribution in [2.75, 3.05) is 7.11 Å². The fraction of sp³-hybridized carbons (Fsp3) is 0.280. The highest BCUT2D eigenvalue weighted by molar-refractivity contribution is 7.91. The molecule has 1 aromatic carbocycles. The molecule has 0 radical (unpaired) electrons. The SMILES string of the molecule is COc1ccc(CC(C(=O)O)n2cc(CN(C3CC3)S(=O)(=O)c3ccc(-c4ccccn4)s3)nn2)cc1. The van der Waals surface area contributed by atoms with Crippen molar-refractivity contribution < 1.29 is 23.1 Å². The van der Waals surface area contributed by atoms with Crippen molar-refractivity contribution in [2.45, 2.75) is 42.1 Å². The number of carbonyl (C=O) groups is 1. The number of methoxy groups -OCH3 is 1. The number of aromatic nitrogens is 4. The van der Waals surface area contributed by atoms with Crippen LogP contribution in [-0.2, 0) is 27.8 Å². The second-order valence-electron chi connectivity index (χ2n) is 8.71. The summed E-state index contributed by atoms with van der Waals surface area (Å²) in [7, 11) is -2.22. The Hall–Kier alpha value is -3.61. The van der Waals surface area contributed by atoms with Gasteiger partial charge in [0, 0.05) is 18.7 Å². The van der Waals surface area contributed by atoms with Crippen LogP contribution in [0.1, 0.15) is 30.1 Å². The molecule has 0 bridgehead atoms. The average Bonchev–Trinajstić information content (AvgIpc) is 3.41. The van der Waals surface area contributed by atoms with Crippen LogP contribution in [-0.4, -0.2) is 56.9 Å². The first-order valence-electron chi connectivity index (χ1n) is 11.6. The van der Waals surface area contributed by atoms with Crippen LogP contribution in [0.2, 0.25) is 0 Å². The Labute approximate surface area is 218 Å². The fourth-order valence-electron chi connectivity index (χ4n) is 3.97. The molecule has 1 fully saturated rings. The third kappa shape index (κ3) is 5.55. The van der Waals surface area contributed by atoms with Gasteiger partial charge in [0.15, 0.2) is 6.04 Å². The van der Waals surface area contributed by atoms with E-state index in [-0.39, 0.29) is 23.2 Å². The Kier molecular flexibility index (Phi) is 7.04. The minimum Gasteiger partial charge on any atom is -0.497 e. The van der Waals surface area contributed by atoms with Crippen molar-refractivity contribution in [3.05, 3.63) is 78.2 Å². The Bertz CT molecular complexity index is 1480. The van der Waals surface area contributed by atoms with Gasteiger partial charge in [-0.25, -0.2) is 17.9 Å². The zero-order chi connectivity index (χ0) is 26.0. The topological polar surface area (TPSA) is 128 Å².